The molecule has 2 aromatic carbocycles. The van der Waals surface area contributed by atoms with Crippen LogP contribution >= 0.6 is 11.6 Å². The van der Waals surface area contributed by atoms with E-state index in [9.17, 15) is 18.5 Å². The number of rotatable bonds is 8. The first-order valence-corrected chi connectivity index (χ1v) is 9.83. The van der Waals surface area contributed by atoms with Crippen LogP contribution in [-0.2, 0) is 10.0 Å². The summed E-state index contributed by atoms with van der Waals surface area (Å²) in [6, 6.07) is 8.35. The molecule has 0 aliphatic carbocycles. The number of sulfonamides is 1. The molecule has 8 nitrogen and oxygen atoms in total. The molecule has 0 atom stereocenters. The van der Waals surface area contributed by atoms with Gasteiger partial charge in [0.15, 0.2) is 0 Å². The summed E-state index contributed by atoms with van der Waals surface area (Å²) in [5, 5.41) is 11.9. The second-order valence-electron chi connectivity index (χ2n) is 6.10. The van der Waals surface area contributed by atoms with Crippen molar-refractivity contribution in [3.63, 3.8) is 0 Å². The van der Waals surface area contributed by atoms with E-state index >= 15 is 0 Å². The maximum Gasteiger partial charge on any atom is 0.312 e. The van der Waals surface area contributed by atoms with Crippen molar-refractivity contribution < 1.29 is 18.1 Å². The van der Waals surface area contributed by atoms with E-state index in [4.69, 9.17) is 16.3 Å². The number of benzene rings is 2. The summed E-state index contributed by atoms with van der Waals surface area (Å²) in [5.41, 5.74) is 0.305. The Labute approximate surface area is 162 Å². The summed E-state index contributed by atoms with van der Waals surface area (Å²) in [4.78, 5) is 12.3. The van der Waals surface area contributed by atoms with Gasteiger partial charge in [0.2, 0.25) is 15.8 Å². The van der Waals surface area contributed by atoms with E-state index in [1.165, 1.54) is 12.1 Å². The monoisotopic (exact) mass is 413 g/mol. The predicted octanol–water partition coefficient (Wildman–Crippen LogP) is 3.19. The van der Waals surface area contributed by atoms with Crippen LogP contribution in [0.15, 0.2) is 41.3 Å². The molecule has 0 aliphatic heterocycles. The molecule has 0 aliphatic rings. The fourth-order valence-electron chi connectivity index (χ4n) is 2.19. The lowest BCUT2D eigenvalue weighted by molar-refractivity contribution is -0.385. The van der Waals surface area contributed by atoms with Crippen molar-refractivity contribution in [2.24, 2.45) is 0 Å². The minimum atomic E-state index is -3.87. The van der Waals surface area contributed by atoms with Crippen molar-refractivity contribution in [1.29, 1.82) is 0 Å². The molecule has 0 heterocycles. The molecule has 0 bridgehead atoms. The van der Waals surface area contributed by atoms with Gasteiger partial charge in [0, 0.05) is 24.2 Å². The van der Waals surface area contributed by atoms with Gasteiger partial charge in [-0.25, -0.2) is 13.1 Å². The number of hydrogen-bond acceptors (Lipinski definition) is 6. The zero-order valence-corrected chi connectivity index (χ0v) is 16.7. The Morgan fingerprint density at radius 3 is 2.52 bits per heavy atom. The molecule has 2 aromatic rings. The molecule has 0 radical (unpaired) electrons. The topological polar surface area (TPSA) is 102 Å². The second-order valence-corrected chi connectivity index (χ2v) is 8.27. The third-order valence-electron chi connectivity index (χ3n) is 3.65. The molecule has 0 aromatic heterocycles. The number of likely N-dealkylation sites (N-methyl/N-ethyl adjacent to an activating group) is 1. The third kappa shape index (κ3) is 5.64. The van der Waals surface area contributed by atoms with Gasteiger partial charge in [-0.2, -0.15) is 0 Å². The molecular weight excluding hydrogens is 394 g/mol. The lowest BCUT2D eigenvalue weighted by atomic mass is 10.2. The molecule has 0 spiro atoms. The van der Waals surface area contributed by atoms with Crippen LogP contribution in [0.2, 0.25) is 5.02 Å². The lowest BCUT2D eigenvalue weighted by Gasteiger charge is -2.12. The van der Waals surface area contributed by atoms with E-state index in [1.54, 1.807) is 25.1 Å². The maximum atomic E-state index is 12.3. The first-order valence-electron chi connectivity index (χ1n) is 7.97. The van der Waals surface area contributed by atoms with Crippen molar-refractivity contribution >= 4 is 27.3 Å². The van der Waals surface area contributed by atoms with Crippen LogP contribution in [0, 0.1) is 17.0 Å². The zero-order chi connectivity index (χ0) is 20.2. The van der Waals surface area contributed by atoms with Crippen molar-refractivity contribution in [3.8, 4) is 11.5 Å². The number of halogens is 1. The highest BCUT2D eigenvalue weighted by molar-refractivity contribution is 7.89. The standard InChI is InChI=1S/C17H20ClN3O5S/c1-12-10-13(4-6-15(12)18)26-17-7-5-14(11-16(17)21(22)23)27(24,25)19-8-9-20(2)3/h4-7,10-11,19H,8-9H2,1-3H3. The number of nitrogens with zero attached hydrogens (tertiary/aromatic N) is 2. The summed E-state index contributed by atoms with van der Waals surface area (Å²) < 4.78 is 32.6. The Morgan fingerprint density at radius 2 is 1.93 bits per heavy atom. The Bertz CT molecular complexity index is 948. The van der Waals surface area contributed by atoms with Crippen molar-refractivity contribution in [2.45, 2.75) is 11.8 Å². The predicted molar refractivity (Wildman–Crippen MR) is 103 cm³/mol. The highest BCUT2D eigenvalue weighted by atomic mass is 35.5. The number of nitrogens with one attached hydrogen (secondary N) is 1. The minimum absolute atomic E-state index is 0.0611. The Kier molecular flexibility index (Phi) is 6.77. The van der Waals surface area contributed by atoms with Crippen LogP contribution < -0.4 is 9.46 Å². The van der Waals surface area contributed by atoms with Crippen LogP contribution in [-0.4, -0.2) is 45.4 Å². The van der Waals surface area contributed by atoms with Crippen LogP contribution in [0.3, 0.4) is 0 Å². The van der Waals surface area contributed by atoms with Gasteiger partial charge < -0.3 is 9.64 Å². The fraction of sp³-hybridized carbons (Fsp3) is 0.294. The van der Waals surface area contributed by atoms with E-state index < -0.39 is 20.6 Å². The molecule has 0 unspecified atom stereocenters. The summed E-state index contributed by atoms with van der Waals surface area (Å²) in [7, 11) is -0.249. The largest absolute Gasteiger partial charge is 0.450 e. The Morgan fingerprint density at radius 1 is 1.22 bits per heavy atom. The highest BCUT2D eigenvalue weighted by Gasteiger charge is 2.22. The third-order valence-corrected chi connectivity index (χ3v) is 5.53. The Hall–Kier alpha value is -2.20. The average Bonchev–Trinajstić information content (AvgIpc) is 2.57. The van der Waals surface area contributed by atoms with Crippen LogP contribution in [0.1, 0.15) is 5.56 Å². The summed E-state index contributed by atoms with van der Waals surface area (Å²) in [6.07, 6.45) is 0. The van der Waals surface area contributed by atoms with Crippen molar-refractivity contribution in [3.05, 3.63) is 57.1 Å². The Balaban J connectivity index is 2.30. The normalized spacial score (nSPS) is 11.6. The van der Waals surface area contributed by atoms with Crippen LogP contribution in [0.5, 0.6) is 11.5 Å². The number of hydrogen-bond donors (Lipinski definition) is 1. The number of nitro benzene ring substituents is 1. The average molecular weight is 414 g/mol. The summed E-state index contributed by atoms with van der Waals surface area (Å²) >= 11 is 5.96. The van der Waals surface area contributed by atoms with Crippen LogP contribution in [0.25, 0.3) is 0 Å². The van der Waals surface area contributed by atoms with Crippen molar-refractivity contribution in [2.75, 3.05) is 27.2 Å². The van der Waals surface area contributed by atoms with Gasteiger partial charge in [0.25, 0.3) is 0 Å². The SMILES string of the molecule is Cc1cc(Oc2ccc(S(=O)(=O)NCCN(C)C)cc2[N+](=O)[O-])ccc1Cl. The molecular formula is C17H20ClN3O5S. The zero-order valence-electron chi connectivity index (χ0n) is 15.1. The van der Waals surface area contributed by atoms with Gasteiger partial charge in [0.05, 0.1) is 9.82 Å². The summed E-state index contributed by atoms with van der Waals surface area (Å²) in [6.45, 7) is 2.46. The molecule has 10 heteroatoms. The molecule has 146 valence electrons. The molecule has 0 fully saturated rings. The number of aryl methyl sites for hydroxylation is 1. The molecule has 0 amide bonds. The van der Waals surface area contributed by atoms with E-state index in [0.29, 0.717) is 17.3 Å². The van der Waals surface area contributed by atoms with Gasteiger partial charge in [-0.05, 0) is 56.9 Å². The molecule has 0 saturated carbocycles. The second kappa shape index (κ2) is 8.66. The van der Waals surface area contributed by atoms with E-state index in [2.05, 4.69) is 4.72 Å². The van der Waals surface area contributed by atoms with E-state index in [-0.39, 0.29) is 17.2 Å². The lowest BCUT2D eigenvalue weighted by Crippen LogP contribution is -2.31. The van der Waals surface area contributed by atoms with Crippen molar-refractivity contribution in [1.82, 2.24) is 9.62 Å². The van der Waals surface area contributed by atoms with Gasteiger partial charge >= 0.3 is 5.69 Å². The summed E-state index contributed by atoms with van der Waals surface area (Å²) in [5.74, 6) is 0.300. The smallest absolute Gasteiger partial charge is 0.312 e. The maximum absolute atomic E-state index is 12.3. The fourth-order valence-corrected chi connectivity index (χ4v) is 3.35. The van der Waals surface area contributed by atoms with Gasteiger partial charge in [-0.1, -0.05) is 11.6 Å². The first-order chi connectivity index (χ1) is 12.6. The van der Waals surface area contributed by atoms with Gasteiger partial charge in [-0.3, -0.25) is 10.1 Å². The quantitative estimate of drug-likeness (QED) is 0.526. The molecule has 1 N–H and O–H groups in total. The number of nitro groups is 1. The first kappa shape index (κ1) is 21.1. The van der Waals surface area contributed by atoms with Crippen LogP contribution in [0.4, 0.5) is 5.69 Å². The van der Waals surface area contributed by atoms with E-state index in [0.717, 1.165) is 11.6 Å². The molecule has 0 saturated heterocycles. The van der Waals surface area contributed by atoms with Gasteiger partial charge in [-0.15, -0.1) is 0 Å². The minimum Gasteiger partial charge on any atom is -0.450 e. The highest BCUT2D eigenvalue weighted by Crippen LogP contribution is 2.34. The molecule has 2 rings (SSSR count). The molecule has 27 heavy (non-hydrogen) atoms. The van der Waals surface area contributed by atoms with E-state index in [1.807, 2.05) is 19.0 Å². The number of ether oxygens (including phenoxy) is 1. The van der Waals surface area contributed by atoms with Gasteiger partial charge in [0.1, 0.15) is 5.75 Å².